The number of nitrogens with one attached hydrogen (secondary N) is 1. The number of hydrogen-bond acceptors (Lipinski definition) is 5. The van der Waals surface area contributed by atoms with Gasteiger partial charge in [-0.05, 0) is 75.7 Å². The molecule has 0 amide bonds. The van der Waals surface area contributed by atoms with Gasteiger partial charge < -0.3 is 19.7 Å². The highest BCUT2D eigenvalue weighted by atomic mass is 16.6. The van der Waals surface area contributed by atoms with Crippen LogP contribution in [0, 0.1) is 6.92 Å². The Morgan fingerprint density at radius 3 is 2.35 bits per heavy atom. The molecule has 1 unspecified atom stereocenters. The maximum absolute atomic E-state index is 13.2. The number of esters is 1. The maximum Gasteiger partial charge on any atom is 0.340 e. The van der Waals surface area contributed by atoms with Gasteiger partial charge in [0.2, 0.25) is 0 Å². The molecule has 2 aliphatic heterocycles. The molecule has 5 nitrogen and oxygen atoms in total. The van der Waals surface area contributed by atoms with E-state index in [0.29, 0.717) is 23.1 Å². The third-order valence-corrected chi connectivity index (χ3v) is 7.39. The highest BCUT2D eigenvalue weighted by molar-refractivity contribution is 5.97. The minimum Gasteiger partial charge on any atom is -0.456 e. The average molecular weight is 491 g/mol. The molecule has 4 aromatic rings. The highest BCUT2D eigenvalue weighted by Crippen LogP contribution is 2.57. The van der Waals surface area contributed by atoms with Gasteiger partial charge in [-0.3, -0.25) is 0 Å². The lowest BCUT2D eigenvalue weighted by Gasteiger charge is -2.38. The molecule has 1 N–H and O–H groups in total. The predicted molar refractivity (Wildman–Crippen MR) is 147 cm³/mol. The van der Waals surface area contributed by atoms with Gasteiger partial charge in [0.05, 0.1) is 5.56 Å². The van der Waals surface area contributed by atoms with Crippen LogP contribution in [0.25, 0.3) is 0 Å². The summed E-state index contributed by atoms with van der Waals surface area (Å²) in [7, 11) is 0. The van der Waals surface area contributed by atoms with Crippen molar-refractivity contribution in [2.45, 2.75) is 39.3 Å². The second kappa shape index (κ2) is 8.70. The molecule has 1 spiro atoms. The van der Waals surface area contributed by atoms with Crippen molar-refractivity contribution in [2.24, 2.45) is 0 Å². The quantitative estimate of drug-likeness (QED) is 0.293. The first-order valence-corrected chi connectivity index (χ1v) is 12.8. The number of hydrogen-bond donors (Lipinski definition) is 1. The summed E-state index contributed by atoms with van der Waals surface area (Å²) in [4.78, 5) is 15.5. The summed E-state index contributed by atoms with van der Waals surface area (Å²) in [5.74, 6) is 1.07. The van der Waals surface area contributed by atoms with Gasteiger partial charge in [-0.15, -0.1) is 0 Å². The Morgan fingerprint density at radius 1 is 0.865 bits per heavy atom. The maximum atomic E-state index is 13.2. The van der Waals surface area contributed by atoms with Crippen LogP contribution in [0.1, 0.15) is 53.4 Å². The first-order chi connectivity index (χ1) is 17.9. The Balaban J connectivity index is 1.58. The van der Waals surface area contributed by atoms with E-state index in [0.717, 1.165) is 45.9 Å². The molecule has 0 bridgehead atoms. The van der Waals surface area contributed by atoms with Crippen molar-refractivity contribution in [2.75, 3.05) is 16.8 Å². The van der Waals surface area contributed by atoms with Gasteiger partial charge in [0.25, 0.3) is 0 Å². The summed E-state index contributed by atoms with van der Waals surface area (Å²) < 4.78 is 12.9. The van der Waals surface area contributed by atoms with Gasteiger partial charge >= 0.3 is 5.97 Å². The summed E-state index contributed by atoms with van der Waals surface area (Å²) in [6.07, 6.45) is 0. The van der Waals surface area contributed by atoms with E-state index in [4.69, 9.17) is 9.47 Å². The van der Waals surface area contributed by atoms with Crippen LogP contribution in [0.5, 0.6) is 11.5 Å². The van der Waals surface area contributed by atoms with E-state index in [9.17, 15) is 4.79 Å². The van der Waals surface area contributed by atoms with E-state index in [1.165, 1.54) is 0 Å². The van der Waals surface area contributed by atoms with E-state index in [2.05, 4.69) is 62.2 Å². The number of nitrogens with zero attached hydrogens (tertiary/aromatic N) is 1. The number of carbonyl (C=O) groups is 1. The van der Waals surface area contributed by atoms with Gasteiger partial charge in [-0.1, -0.05) is 36.4 Å². The summed E-state index contributed by atoms with van der Waals surface area (Å²) >= 11 is 0. The van der Waals surface area contributed by atoms with Gasteiger partial charge in [0.1, 0.15) is 11.5 Å². The molecule has 0 aromatic heterocycles. The molecule has 0 saturated heterocycles. The SMILES string of the molecule is CCN(c1ccc2c(c1)Oc1cc(C)c(Nc3ccccc3)cc1C21OC(=O)c2ccccc21)C(C)C. The molecule has 6 rings (SSSR count). The molecule has 4 aromatic carbocycles. The molecule has 0 saturated carbocycles. The van der Waals surface area contributed by atoms with Crippen LogP contribution in [-0.2, 0) is 10.3 Å². The van der Waals surface area contributed by atoms with Crippen molar-refractivity contribution in [3.05, 3.63) is 113 Å². The molecule has 1 atom stereocenters. The zero-order valence-corrected chi connectivity index (χ0v) is 21.5. The van der Waals surface area contributed by atoms with E-state index >= 15 is 0 Å². The number of para-hydroxylation sites is 1. The number of ether oxygens (including phenoxy) is 2. The Labute approximate surface area is 217 Å². The number of anilines is 3. The normalized spacial score (nSPS) is 17.1. The fourth-order valence-electron chi connectivity index (χ4n) is 5.64. The van der Waals surface area contributed by atoms with Gasteiger partial charge in [-0.2, -0.15) is 0 Å². The van der Waals surface area contributed by atoms with Crippen LogP contribution in [0.4, 0.5) is 17.1 Å². The van der Waals surface area contributed by atoms with Crippen LogP contribution < -0.4 is 15.0 Å². The standard InChI is InChI=1S/C32H30N2O3/c1-5-34(20(2)3)23-15-16-26-30(18-23)36-29-17-21(4)28(33-22-11-7-6-8-12-22)19-27(29)32(26)25-14-10-9-13-24(25)31(35)37-32/h6-20,33H,5H2,1-4H3. The minimum atomic E-state index is -1.09. The summed E-state index contributed by atoms with van der Waals surface area (Å²) in [6, 6.07) is 28.4. The second-order valence-corrected chi connectivity index (χ2v) is 9.93. The molecule has 186 valence electrons. The number of benzene rings is 4. The third kappa shape index (κ3) is 3.57. The molecule has 37 heavy (non-hydrogen) atoms. The first-order valence-electron chi connectivity index (χ1n) is 12.8. The lowest BCUT2D eigenvalue weighted by Crippen LogP contribution is -2.34. The van der Waals surface area contributed by atoms with Crippen LogP contribution in [-0.4, -0.2) is 18.6 Å². The van der Waals surface area contributed by atoms with Gasteiger partial charge in [-0.25, -0.2) is 4.79 Å². The zero-order valence-electron chi connectivity index (χ0n) is 21.5. The van der Waals surface area contributed by atoms with Crippen LogP contribution in [0.2, 0.25) is 0 Å². The smallest absolute Gasteiger partial charge is 0.340 e. The van der Waals surface area contributed by atoms with Gasteiger partial charge in [0, 0.05) is 52.4 Å². The van der Waals surface area contributed by atoms with E-state index in [1.54, 1.807) is 0 Å². The molecule has 5 heteroatoms. The summed E-state index contributed by atoms with van der Waals surface area (Å²) in [5, 5.41) is 3.53. The average Bonchev–Trinajstić information content (AvgIpc) is 3.19. The van der Waals surface area contributed by atoms with Crippen molar-refractivity contribution in [3.63, 3.8) is 0 Å². The lowest BCUT2D eigenvalue weighted by atomic mass is 9.77. The number of aryl methyl sites for hydroxylation is 1. The fraction of sp³-hybridized carbons (Fsp3) is 0.219. The lowest BCUT2D eigenvalue weighted by molar-refractivity contribution is 0.0224. The second-order valence-electron chi connectivity index (χ2n) is 9.93. The van der Waals surface area contributed by atoms with Crippen molar-refractivity contribution in [1.82, 2.24) is 0 Å². The van der Waals surface area contributed by atoms with E-state index < -0.39 is 5.60 Å². The Kier molecular flexibility index (Phi) is 5.45. The van der Waals surface area contributed by atoms with Gasteiger partial charge in [0.15, 0.2) is 5.60 Å². The highest BCUT2D eigenvalue weighted by Gasteiger charge is 2.53. The van der Waals surface area contributed by atoms with Crippen LogP contribution in [0.15, 0.2) is 84.9 Å². The summed E-state index contributed by atoms with van der Waals surface area (Å²) in [5.41, 5.74) is 6.00. The Morgan fingerprint density at radius 2 is 1.59 bits per heavy atom. The third-order valence-electron chi connectivity index (χ3n) is 7.39. The van der Waals surface area contributed by atoms with Crippen molar-refractivity contribution in [3.8, 4) is 11.5 Å². The van der Waals surface area contributed by atoms with E-state index in [1.807, 2.05) is 60.7 Å². The number of carbonyl (C=O) groups excluding carboxylic acids is 1. The fourth-order valence-corrected chi connectivity index (χ4v) is 5.64. The molecule has 0 fully saturated rings. The molecular formula is C32H30N2O3. The van der Waals surface area contributed by atoms with Crippen LogP contribution >= 0.6 is 0 Å². The molecule has 2 aliphatic rings. The zero-order chi connectivity index (χ0) is 25.7. The molecule has 0 radical (unpaired) electrons. The molecular weight excluding hydrogens is 460 g/mol. The Hall–Kier alpha value is -4.25. The number of fused-ring (bicyclic) bond motifs is 6. The number of rotatable bonds is 5. The van der Waals surface area contributed by atoms with Crippen molar-refractivity contribution in [1.29, 1.82) is 0 Å². The van der Waals surface area contributed by atoms with E-state index in [-0.39, 0.29) is 5.97 Å². The molecule has 2 heterocycles. The largest absolute Gasteiger partial charge is 0.456 e. The monoisotopic (exact) mass is 490 g/mol. The summed E-state index contributed by atoms with van der Waals surface area (Å²) in [6.45, 7) is 9.44. The van der Waals surface area contributed by atoms with Crippen molar-refractivity contribution >= 4 is 23.0 Å². The minimum absolute atomic E-state index is 0.325. The molecule has 0 aliphatic carbocycles. The van der Waals surface area contributed by atoms with Crippen LogP contribution in [0.3, 0.4) is 0 Å². The predicted octanol–water partition coefficient (Wildman–Crippen LogP) is 7.54. The topological polar surface area (TPSA) is 50.8 Å². The first kappa shape index (κ1) is 23.2. The Bertz CT molecular complexity index is 1510. The van der Waals surface area contributed by atoms with Crippen molar-refractivity contribution < 1.29 is 14.3 Å².